The zero-order valence-corrected chi connectivity index (χ0v) is 10.5. The summed E-state index contributed by atoms with van der Waals surface area (Å²) in [5, 5.41) is 0. The molecule has 0 saturated carbocycles. The van der Waals surface area contributed by atoms with Gasteiger partial charge in [0, 0.05) is 27.6 Å². The van der Waals surface area contributed by atoms with Crippen molar-refractivity contribution in [3.05, 3.63) is 41.3 Å². The lowest BCUT2D eigenvalue weighted by molar-refractivity contribution is 0.622. The Hall–Kier alpha value is -1.26. The van der Waals surface area contributed by atoms with Crippen LogP contribution in [0.1, 0.15) is 30.7 Å². The Bertz CT molecular complexity index is 496. The molecule has 0 fully saturated rings. The fraction of sp³-hybridized carbons (Fsp3) is 0.308. The first kappa shape index (κ1) is 12.2. The van der Waals surface area contributed by atoms with Gasteiger partial charge in [0.1, 0.15) is 5.82 Å². The number of thiophene rings is 1. The fourth-order valence-corrected chi connectivity index (χ4v) is 2.73. The molecule has 0 radical (unpaired) electrons. The number of nitrogens with zero attached hydrogens (tertiary/aromatic N) is 1. The van der Waals surface area contributed by atoms with Crippen molar-refractivity contribution in [1.29, 1.82) is 0 Å². The van der Waals surface area contributed by atoms with E-state index in [2.05, 4.69) is 11.9 Å². The van der Waals surface area contributed by atoms with Gasteiger partial charge in [0.2, 0.25) is 0 Å². The number of hydrogen-bond donors (Lipinski definition) is 1. The molecule has 0 saturated heterocycles. The van der Waals surface area contributed by atoms with Gasteiger partial charge in [-0.1, -0.05) is 13.3 Å². The van der Waals surface area contributed by atoms with E-state index in [4.69, 9.17) is 5.73 Å². The van der Waals surface area contributed by atoms with Gasteiger partial charge in [-0.25, -0.2) is 4.39 Å². The van der Waals surface area contributed by atoms with Crippen LogP contribution in [0.5, 0.6) is 0 Å². The summed E-state index contributed by atoms with van der Waals surface area (Å²) in [5.41, 5.74) is 6.86. The van der Waals surface area contributed by atoms with Crippen LogP contribution in [0.3, 0.4) is 0 Å². The van der Waals surface area contributed by atoms with E-state index in [0.29, 0.717) is 0 Å². The topological polar surface area (TPSA) is 38.9 Å². The molecule has 2 heterocycles. The SMILES string of the molecule is CCCC(N)c1ccc(-c2cncc(F)c2)s1. The molecule has 0 aliphatic heterocycles. The molecule has 1 atom stereocenters. The normalized spacial score (nSPS) is 12.6. The maximum Gasteiger partial charge on any atom is 0.142 e. The van der Waals surface area contributed by atoms with E-state index in [9.17, 15) is 4.39 Å². The average Bonchev–Trinajstić information content (AvgIpc) is 2.78. The third-order valence-electron chi connectivity index (χ3n) is 2.58. The molecule has 2 N–H and O–H groups in total. The lowest BCUT2D eigenvalue weighted by atomic mass is 10.1. The van der Waals surface area contributed by atoms with E-state index in [1.165, 1.54) is 12.3 Å². The van der Waals surface area contributed by atoms with Crippen LogP contribution in [0.25, 0.3) is 10.4 Å². The zero-order chi connectivity index (χ0) is 12.3. The Morgan fingerprint density at radius 2 is 2.24 bits per heavy atom. The Kier molecular flexibility index (Phi) is 3.86. The summed E-state index contributed by atoms with van der Waals surface area (Å²) in [6.45, 7) is 2.12. The summed E-state index contributed by atoms with van der Waals surface area (Å²) in [7, 11) is 0. The molecule has 17 heavy (non-hydrogen) atoms. The average molecular weight is 250 g/mol. The van der Waals surface area contributed by atoms with Gasteiger partial charge < -0.3 is 5.73 Å². The maximum atomic E-state index is 13.1. The standard InChI is InChI=1S/C13H15FN2S/c1-2-3-11(15)13-5-4-12(17-13)9-6-10(14)8-16-7-9/h4-8,11H,2-3,15H2,1H3. The molecule has 2 nitrogen and oxygen atoms in total. The first-order valence-corrected chi connectivity index (χ1v) is 6.48. The van der Waals surface area contributed by atoms with Crippen molar-refractivity contribution < 1.29 is 4.39 Å². The Morgan fingerprint density at radius 1 is 1.41 bits per heavy atom. The molecule has 0 aliphatic rings. The van der Waals surface area contributed by atoms with Crippen molar-refractivity contribution in [2.75, 3.05) is 0 Å². The minimum atomic E-state index is -0.310. The summed E-state index contributed by atoms with van der Waals surface area (Å²) < 4.78 is 13.1. The number of nitrogens with two attached hydrogens (primary N) is 1. The fourth-order valence-electron chi connectivity index (χ4n) is 1.71. The molecule has 90 valence electrons. The van der Waals surface area contributed by atoms with E-state index in [-0.39, 0.29) is 11.9 Å². The highest BCUT2D eigenvalue weighted by atomic mass is 32.1. The summed E-state index contributed by atoms with van der Waals surface area (Å²) in [6.07, 6.45) is 4.92. The van der Waals surface area contributed by atoms with E-state index in [1.807, 2.05) is 12.1 Å². The van der Waals surface area contributed by atoms with Gasteiger partial charge >= 0.3 is 0 Å². The molecule has 0 aromatic carbocycles. The molecule has 0 aliphatic carbocycles. The maximum absolute atomic E-state index is 13.1. The molecule has 0 spiro atoms. The lowest BCUT2D eigenvalue weighted by Crippen LogP contribution is -2.07. The number of rotatable bonds is 4. The molecule has 0 bridgehead atoms. The predicted molar refractivity (Wildman–Crippen MR) is 69.3 cm³/mol. The van der Waals surface area contributed by atoms with Gasteiger partial charge in [-0.05, 0) is 24.6 Å². The first-order valence-electron chi connectivity index (χ1n) is 5.67. The second-order valence-corrected chi connectivity index (χ2v) is 5.10. The number of aromatic nitrogens is 1. The van der Waals surface area contributed by atoms with Crippen molar-refractivity contribution in [1.82, 2.24) is 4.98 Å². The van der Waals surface area contributed by atoms with Gasteiger partial charge in [-0.15, -0.1) is 11.3 Å². The second-order valence-electron chi connectivity index (χ2n) is 3.99. The third-order valence-corrected chi connectivity index (χ3v) is 3.85. The van der Waals surface area contributed by atoms with E-state index < -0.39 is 0 Å². The number of hydrogen-bond acceptors (Lipinski definition) is 3. The van der Waals surface area contributed by atoms with Crippen LogP contribution in [0, 0.1) is 5.82 Å². The van der Waals surface area contributed by atoms with Crippen LogP contribution >= 0.6 is 11.3 Å². The summed E-state index contributed by atoms with van der Waals surface area (Å²) in [4.78, 5) is 6.01. The Morgan fingerprint density at radius 3 is 2.94 bits per heavy atom. The van der Waals surface area contributed by atoms with E-state index in [1.54, 1.807) is 17.5 Å². The van der Waals surface area contributed by atoms with Crippen molar-refractivity contribution >= 4 is 11.3 Å². The highest BCUT2D eigenvalue weighted by Crippen LogP contribution is 2.31. The molecule has 1 unspecified atom stereocenters. The van der Waals surface area contributed by atoms with Gasteiger partial charge in [0.15, 0.2) is 0 Å². The molecule has 2 aromatic rings. The largest absolute Gasteiger partial charge is 0.323 e. The van der Waals surface area contributed by atoms with Crippen LogP contribution < -0.4 is 5.73 Å². The molecule has 2 rings (SSSR count). The minimum Gasteiger partial charge on any atom is -0.323 e. The molecule has 4 heteroatoms. The lowest BCUT2D eigenvalue weighted by Gasteiger charge is -2.06. The molecule has 2 aromatic heterocycles. The molecular weight excluding hydrogens is 235 g/mol. The summed E-state index contributed by atoms with van der Waals surface area (Å²) in [5.74, 6) is -0.310. The van der Waals surface area contributed by atoms with Gasteiger partial charge in [0.05, 0.1) is 6.20 Å². The van der Waals surface area contributed by atoms with Crippen LogP contribution in [-0.2, 0) is 0 Å². The van der Waals surface area contributed by atoms with Crippen LogP contribution in [0.2, 0.25) is 0 Å². The highest BCUT2D eigenvalue weighted by Gasteiger charge is 2.09. The van der Waals surface area contributed by atoms with Gasteiger partial charge in [0.25, 0.3) is 0 Å². The predicted octanol–water partition coefficient (Wildman–Crippen LogP) is 3.75. The summed E-state index contributed by atoms with van der Waals surface area (Å²) >= 11 is 1.61. The third kappa shape index (κ3) is 2.90. The second kappa shape index (κ2) is 5.38. The highest BCUT2D eigenvalue weighted by molar-refractivity contribution is 7.15. The quantitative estimate of drug-likeness (QED) is 0.897. The smallest absolute Gasteiger partial charge is 0.142 e. The minimum absolute atomic E-state index is 0.0836. The monoisotopic (exact) mass is 250 g/mol. The van der Waals surface area contributed by atoms with Crippen molar-refractivity contribution in [3.63, 3.8) is 0 Å². The van der Waals surface area contributed by atoms with Crippen LogP contribution in [0.4, 0.5) is 4.39 Å². The van der Waals surface area contributed by atoms with Crippen LogP contribution in [-0.4, -0.2) is 4.98 Å². The van der Waals surface area contributed by atoms with Crippen molar-refractivity contribution in [2.24, 2.45) is 5.73 Å². The first-order chi connectivity index (χ1) is 8.20. The zero-order valence-electron chi connectivity index (χ0n) is 9.69. The van der Waals surface area contributed by atoms with Crippen LogP contribution in [0.15, 0.2) is 30.6 Å². The van der Waals surface area contributed by atoms with E-state index >= 15 is 0 Å². The van der Waals surface area contributed by atoms with Gasteiger partial charge in [-0.3, -0.25) is 4.98 Å². The Labute approximate surface area is 104 Å². The molecule has 0 amide bonds. The molecular formula is C13H15FN2S. The van der Waals surface area contributed by atoms with E-state index in [0.717, 1.165) is 28.2 Å². The van der Waals surface area contributed by atoms with Gasteiger partial charge in [-0.2, -0.15) is 0 Å². The van der Waals surface area contributed by atoms with Crippen molar-refractivity contribution in [3.8, 4) is 10.4 Å². The number of pyridine rings is 1. The summed E-state index contributed by atoms with van der Waals surface area (Å²) in [6, 6.07) is 5.57. The Balaban J connectivity index is 2.23. The van der Waals surface area contributed by atoms with Crippen molar-refractivity contribution in [2.45, 2.75) is 25.8 Å². The number of halogens is 1.